The summed E-state index contributed by atoms with van der Waals surface area (Å²) in [6, 6.07) is 7.65. The monoisotopic (exact) mass is 362 g/mol. The maximum Gasteiger partial charge on any atom is 0.237 e. The summed E-state index contributed by atoms with van der Waals surface area (Å²) in [6.07, 6.45) is 0.429. The average Bonchev–Trinajstić information content (AvgIpc) is 2.84. The molecular weight excluding hydrogens is 350 g/mol. The molecule has 0 bridgehead atoms. The van der Waals surface area contributed by atoms with E-state index in [1.165, 1.54) is 6.07 Å². The van der Waals surface area contributed by atoms with Crippen molar-refractivity contribution in [1.82, 2.24) is 5.32 Å². The van der Waals surface area contributed by atoms with Crippen molar-refractivity contribution >= 4 is 29.1 Å². The third-order valence-corrected chi connectivity index (χ3v) is 5.17. The minimum atomic E-state index is -1.09. The number of benzene rings is 2. The van der Waals surface area contributed by atoms with Crippen LogP contribution in [0.5, 0.6) is 0 Å². The van der Waals surface area contributed by atoms with Gasteiger partial charge in [0.05, 0.1) is 6.04 Å². The Morgan fingerprint density at radius 2 is 1.88 bits per heavy atom. The zero-order valence-electron chi connectivity index (χ0n) is 12.9. The summed E-state index contributed by atoms with van der Waals surface area (Å²) in [5.74, 6) is -2.54. The van der Waals surface area contributed by atoms with Crippen molar-refractivity contribution in [1.29, 1.82) is 0 Å². The zero-order chi connectivity index (χ0) is 17.8. The van der Waals surface area contributed by atoms with Gasteiger partial charge in [0.15, 0.2) is 11.6 Å². The van der Waals surface area contributed by atoms with E-state index in [-0.39, 0.29) is 24.7 Å². The Kier molecular flexibility index (Phi) is 3.54. The number of fused-ring (bicyclic) bond motifs is 2. The van der Waals surface area contributed by atoms with Gasteiger partial charge in [0, 0.05) is 17.1 Å². The number of anilines is 1. The van der Waals surface area contributed by atoms with Gasteiger partial charge >= 0.3 is 0 Å². The Labute approximate surface area is 147 Å². The molecule has 2 aromatic rings. The van der Waals surface area contributed by atoms with Crippen LogP contribution in [0.1, 0.15) is 30.0 Å². The highest BCUT2D eigenvalue weighted by Gasteiger charge is 2.55. The molecule has 128 valence electrons. The molecule has 2 amide bonds. The topological polar surface area (TPSA) is 58.2 Å². The first kappa shape index (κ1) is 16.0. The van der Waals surface area contributed by atoms with Gasteiger partial charge in [0.25, 0.3) is 0 Å². The molecule has 4 nitrogen and oxygen atoms in total. The fourth-order valence-electron chi connectivity index (χ4n) is 3.77. The molecule has 1 spiro atoms. The van der Waals surface area contributed by atoms with E-state index >= 15 is 0 Å². The van der Waals surface area contributed by atoms with E-state index in [2.05, 4.69) is 10.6 Å². The van der Waals surface area contributed by atoms with E-state index < -0.39 is 23.1 Å². The third kappa shape index (κ3) is 2.32. The number of nitrogens with one attached hydrogen (secondary N) is 2. The van der Waals surface area contributed by atoms with Gasteiger partial charge in [-0.15, -0.1) is 0 Å². The molecule has 4 rings (SSSR count). The van der Waals surface area contributed by atoms with Crippen molar-refractivity contribution in [3.05, 3.63) is 64.2 Å². The van der Waals surface area contributed by atoms with Crippen LogP contribution in [0, 0.1) is 11.6 Å². The van der Waals surface area contributed by atoms with Crippen LogP contribution in [0.15, 0.2) is 36.4 Å². The fourth-order valence-corrected chi connectivity index (χ4v) is 3.94. The second-order valence-electron chi connectivity index (χ2n) is 6.29. The van der Waals surface area contributed by atoms with Crippen LogP contribution < -0.4 is 10.6 Å². The van der Waals surface area contributed by atoms with Crippen LogP contribution in [0.2, 0.25) is 5.02 Å². The van der Waals surface area contributed by atoms with E-state index in [1.54, 1.807) is 18.2 Å². The van der Waals surface area contributed by atoms with E-state index in [9.17, 15) is 18.4 Å². The molecular formula is C18H13ClF2N2O2. The van der Waals surface area contributed by atoms with Gasteiger partial charge in [-0.2, -0.15) is 0 Å². The molecule has 1 saturated heterocycles. The SMILES string of the molecule is O=C1CC[C@]2(C(=O)Nc3cc(Cl)ccc32)[C@H](c2ccc(F)c(F)c2)N1. The quantitative estimate of drug-likeness (QED) is 0.816. The van der Waals surface area contributed by atoms with Gasteiger partial charge < -0.3 is 10.6 Å². The molecule has 7 heteroatoms. The lowest BCUT2D eigenvalue weighted by Gasteiger charge is -2.40. The Morgan fingerprint density at radius 1 is 1.08 bits per heavy atom. The third-order valence-electron chi connectivity index (χ3n) is 4.94. The normalized spacial score (nSPS) is 24.8. The lowest BCUT2D eigenvalue weighted by molar-refractivity contribution is -0.130. The largest absolute Gasteiger partial charge is 0.348 e. The van der Waals surface area contributed by atoms with Crippen molar-refractivity contribution in [2.45, 2.75) is 24.3 Å². The van der Waals surface area contributed by atoms with E-state index in [1.807, 2.05) is 0 Å². The van der Waals surface area contributed by atoms with Gasteiger partial charge in [-0.3, -0.25) is 9.59 Å². The number of carbonyl (C=O) groups excluding carboxylic acids is 2. The summed E-state index contributed by atoms with van der Waals surface area (Å²) in [5, 5.41) is 6.05. The maximum absolute atomic E-state index is 13.7. The molecule has 2 aliphatic rings. The van der Waals surface area contributed by atoms with Crippen LogP contribution in [-0.2, 0) is 15.0 Å². The minimum Gasteiger partial charge on any atom is -0.348 e. The minimum absolute atomic E-state index is 0.162. The molecule has 2 heterocycles. The molecule has 0 unspecified atom stereocenters. The number of halogens is 3. The first-order valence-electron chi connectivity index (χ1n) is 7.77. The fraction of sp³-hybridized carbons (Fsp3) is 0.222. The summed E-state index contributed by atoms with van der Waals surface area (Å²) in [4.78, 5) is 24.9. The highest BCUT2D eigenvalue weighted by atomic mass is 35.5. The van der Waals surface area contributed by atoms with E-state index in [4.69, 9.17) is 11.6 Å². The van der Waals surface area contributed by atoms with Crippen molar-refractivity contribution in [3.8, 4) is 0 Å². The van der Waals surface area contributed by atoms with Crippen LogP contribution in [0.25, 0.3) is 0 Å². The van der Waals surface area contributed by atoms with Gasteiger partial charge in [0.2, 0.25) is 11.8 Å². The summed E-state index contributed by atoms with van der Waals surface area (Å²) in [6.45, 7) is 0. The number of piperidine rings is 1. The molecule has 2 atom stereocenters. The average molecular weight is 363 g/mol. The predicted molar refractivity (Wildman–Crippen MR) is 88.2 cm³/mol. The lowest BCUT2D eigenvalue weighted by atomic mass is 9.67. The Hall–Kier alpha value is -2.47. The van der Waals surface area contributed by atoms with Crippen LogP contribution >= 0.6 is 11.6 Å². The number of hydrogen-bond acceptors (Lipinski definition) is 2. The molecule has 2 aliphatic heterocycles. The zero-order valence-corrected chi connectivity index (χ0v) is 13.7. The molecule has 0 saturated carbocycles. The predicted octanol–water partition coefficient (Wildman–Crippen LogP) is 3.46. The summed E-state index contributed by atoms with van der Waals surface area (Å²) >= 11 is 6.00. The number of carbonyl (C=O) groups is 2. The van der Waals surface area contributed by atoms with Gasteiger partial charge in [-0.25, -0.2) is 8.78 Å². The standard InChI is InChI=1S/C18H13ClF2N2O2/c19-10-2-3-11-14(8-10)22-17(25)18(11)6-5-15(24)23-16(18)9-1-4-12(20)13(21)7-9/h1-4,7-8,16H,5-6H2,(H,22,25)(H,23,24)/t16-,18+/m0/s1. The smallest absolute Gasteiger partial charge is 0.237 e. The van der Waals surface area contributed by atoms with Crippen LogP contribution in [0.3, 0.4) is 0 Å². The van der Waals surface area contributed by atoms with E-state index in [0.717, 1.165) is 12.1 Å². The molecule has 2 N–H and O–H groups in total. The van der Waals surface area contributed by atoms with Gasteiger partial charge in [-0.1, -0.05) is 23.7 Å². The van der Waals surface area contributed by atoms with Crippen LogP contribution in [0.4, 0.5) is 14.5 Å². The number of amides is 2. The Balaban J connectivity index is 1.90. The summed E-state index contributed by atoms with van der Waals surface area (Å²) in [7, 11) is 0. The van der Waals surface area contributed by atoms with Crippen molar-refractivity contribution in [2.24, 2.45) is 0 Å². The number of hydrogen-bond donors (Lipinski definition) is 2. The second kappa shape index (κ2) is 5.52. The molecule has 0 aliphatic carbocycles. The van der Waals surface area contributed by atoms with Crippen molar-refractivity contribution in [3.63, 3.8) is 0 Å². The number of rotatable bonds is 1. The molecule has 2 aromatic carbocycles. The first-order valence-corrected chi connectivity index (χ1v) is 8.15. The highest BCUT2D eigenvalue weighted by molar-refractivity contribution is 6.31. The second-order valence-corrected chi connectivity index (χ2v) is 6.73. The first-order chi connectivity index (χ1) is 11.9. The Bertz CT molecular complexity index is 918. The molecule has 1 fully saturated rings. The van der Waals surface area contributed by atoms with Gasteiger partial charge in [0.1, 0.15) is 5.41 Å². The lowest BCUT2D eigenvalue weighted by Crippen LogP contribution is -2.52. The molecule has 0 aromatic heterocycles. The summed E-state index contributed by atoms with van der Waals surface area (Å²) in [5.41, 5.74) is 0.515. The summed E-state index contributed by atoms with van der Waals surface area (Å²) < 4.78 is 27.1. The maximum atomic E-state index is 13.7. The van der Waals surface area contributed by atoms with E-state index in [0.29, 0.717) is 21.8 Å². The highest BCUT2D eigenvalue weighted by Crippen LogP contribution is 2.51. The van der Waals surface area contributed by atoms with Crippen molar-refractivity contribution < 1.29 is 18.4 Å². The molecule has 25 heavy (non-hydrogen) atoms. The van der Waals surface area contributed by atoms with Crippen molar-refractivity contribution in [2.75, 3.05) is 5.32 Å². The van der Waals surface area contributed by atoms with Crippen LogP contribution in [-0.4, -0.2) is 11.8 Å². The Morgan fingerprint density at radius 3 is 2.64 bits per heavy atom. The van der Waals surface area contributed by atoms with Gasteiger partial charge in [-0.05, 0) is 41.8 Å². The molecule has 0 radical (unpaired) electrons.